The molecule has 0 radical (unpaired) electrons. The molecule has 4 rings (SSSR count). The molecule has 0 bridgehead atoms. The topological polar surface area (TPSA) is 63.0 Å². The van der Waals surface area contributed by atoms with Crippen molar-refractivity contribution >= 4 is 32.9 Å². The van der Waals surface area contributed by atoms with Crippen LogP contribution in [0.2, 0.25) is 0 Å². The maximum Gasteiger partial charge on any atom is 0.280 e. The number of fused-ring (bicyclic) bond motifs is 1. The number of nitrogens with one attached hydrogen (secondary N) is 1. The van der Waals surface area contributed by atoms with E-state index in [4.69, 9.17) is 0 Å². The molecule has 0 fully saturated rings. The van der Waals surface area contributed by atoms with Gasteiger partial charge in [0.05, 0.1) is 21.5 Å². The highest BCUT2D eigenvalue weighted by Crippen LogP contribution is 2.28. The lowest BCUT2D eigenvalue weighted by Crippen LogP contribution is -2.17. The summed E-state index contributed by atoms with van der Waals surface area (Å²) in [6.45, 7) is 5.94. The lowest BCUT2D eigenvalue weighted by molar-refractivity contribution is 0.835. The maximum absolute atomic E-state index is 12.7. The van der Waals surface area contributed by atoms with Gasteiger partial charge in [-0.05, 0) is 50.6 Å². The zero-order chi connectivity index (χ0) is 18.3. The van der Waals surface area contributed by atoms with E-state index in [9.17, 15) is 4.79 Å². The van der Waals surface area contributed by atoms with E-state index in [0.29, 0.717) is 10.7 Å². The van der Waals surface area contributed by atoms with Crippen molar-refractivity contribution < 1.29 is 0 Å². The molecule has 1 N–H and O–H groups in total. The van der Waals surface area contributed by atoms with Crippen molar-refractivity contribution in [2.45, 2.75) is 20.8 Å². The fourth-order valence-corrected chi connectivity index (χ4v) is 3.69. The van der Waals surface area contributed by atoms with Gasteiger partial charge >= 0.3 is 0 Å². The minimum absolute atomic E-state index is 0.118. The number of hydrogen-bond donors (Lipinski definition) is 1. The first-order valence-corrected chi connectivity index (χ1v) is 9.13. The minimum atomic E-state index is -0.118. The first-order valence-electron chi connectivity index (χ1n) is 8.31. The van der Waals surface area contributed by atoms with Gasteiger partial charge < -0.3 is 0 Å². The molecule has 0 aliphatic heterocycles. The molecule has 0 spiro atoms. The van der Waals surface area contributed by atoms with Crippen LogP contribution in [0, 0.1) is 20.8 Å². The smallest absolute Gasteiger partial charge is 0.280 e. The van der Waals surface area contributed by atoms with Crippen molar-refractivity contribution in [1.29, 1.82) is 0 Å². The van der Waals surface area contributed by atoms with Crippen LogP contribution in [0.15, 0.2) is 52.3 Å². The zero-order valence-electron chi connectivity index (χ0n) is 14.8. The van der Waals surface area contributed by atoms with Crippen LogP contribution in [0.5, 0.6) is 0 Å². The molecular formula is C20H18N4OS. The molecule has 5 nitrogen and oxygen atoms in total. The zero-order valence-corrected chi connectivity index (χ0v) is 15.6. The Balaban J connectivity index is 1.70. The third kappa shape index (κ3) is 2.99. The van der Waals surface area contributed by atoms with Crippen molar-refractivity contribution in [2.75, 3.05) is 0 Å². The summed E-state index contributed by atoms with van der Waals surface area (Å²) in [6.07, 6.45) is 1.60. The van der Waals surface area contributed by atoms with Gasteiger partial charge in [-0.1, -0.05) is 35.1 Å². The van der Waals surface area contributed by atoms with Crippen LogP contribution in [0.1, 0.15) is 22.4 Å². The molecule has 2 aromatic heterocycles. The second kappa shape index (κ2) is 6.38. The number of rotatable bonds is 3. The summed E-state index contributed by atoms with van der Waals surface area (Å²) in [7, 11) is 0. The Labute approximate surface area is 154 Å². The molecule has 0 aliphatic carbocycles. The Morgan fingerprint density at radius 3 is 2.58 bits per heavy atom. The number of H-pyrrole nitrogens is 1. The largest absolute Gasteiger partial charge is 0.295 e. The van der Waals surface area contributed by atoms with E-state index in [-0.39, 0.29) is 5.56 Å². The summed E-state index contributed by atoms with van der Waals surface area (Å²) in [5, 5.41) is 3.76. The number of aromatic nitrogens is 3. The normalized spacial score (nSPS) is 11.7. The van der Waals surface area contributed by atoms with E-state index in [1.165, 1.54) is 21.6 Å². The van der Waals surface area contributed by atoms with E-state index in [1.807, 2.05) is 50.2 Å². The van der Waals surface area contributed by atoms with E-state index in [0.717, 1.165) is 27.2 Å². The van der Waals surface area contributed by atoms with Gasteiger partial charge in [0.1, 0.15) is 0 Å². The molecule has 2 heterocycles. The molecule has 0 amide bonds. The predicted molar refractivity (Wildman–Crippen MR) is 107 cm³/mol. The van der Waals surface area contributed by atoms with E-state index in [1.54, 1.807) is 6.21 Å². The summed E-state index contributed by atoms with van der Waals surface area (Å²) >= 11 is 1.52. The number of aryl methyl sites for hydroxylation is 3. The third-order valence-electron chi connectivity index (χ3n) is 4.25. The Hall–Kier alpha value is -2.99. The summed E-state index contributed by atoms with van der Waals surface area (Å²) in [4.78, 5) is 21.7. The average molecular weight is 362 g/mol. The van der Waals surface area contributed by atoms with Crippen molar-refractivity contribution in [3.8, 4) is 5.69 Å². The van der Waals surface area contributed by atoms with Crippen LogP contribution < -0.4 is 5.56 Å². The Bertz CT molecular complexity index is 1180. The van der Waals surface area contributed by atoms with Crippen LogP contribution in [-0.2, 0) is 0 Å². The van der Waals surface area contributed by atoms with Crippen molar-refractivity contribution in [3.05, 3.63) is 75.2 Å². The summed E-state index contributed by atoms with van der Waals surface area (Å²) in [5.74, 6) is 0. The molecule has 0 unspecified atom stereocenters. The molecule has 4 aromatic rings. The number of aromatic amines is 1. The minimum Gasteiger partial charge on any atom is -0.295 e. The van der Waals surface area contributed by atoms with Crippen LogP contribution in [0.4, 0.5) is 5.13 Å². The molecular weight excluding hydrogens is 344 g/mol. The lowest BCUT2D eigenvalue weighted by Gasteiger charge is -2.01. The fourth-order valence-electron chi connectivity index (χ4n) is 2.78. The molecule has 26 heavy (non-hydrogen) atoms. The summed E-state index contributed by atoms with van der Waals surface area (Å²) in [6, 6.07) is 13.9. The second-order valence-electron chi connectivity index (χ2n) is 6.35. The fraction of sp³-hybridized carbons (Fsp3) is 0.150. The van der Waals surface area contributed by atoms with Crippen molar-refractivity contribution in [1.82, 2.24) is 14.8 Å². The molecule has 0 aliphatic rings. The SMILES string of the molecule is Cc1ccc(-n2[nH]c(C)c(/C=N/c3nc4ccc(C)cc4s3)c2=O)cc1. The van der Waals surface area contributed by atoms with E-state index >= 15 is 0 Å². The van der Waals surface area contributed by atoms with Gasteiger partial charge in [0, 0.05) is 11.9 Å². The first-order chi connectivity index (χ1) is 12.5. The van der Waals surface area contributed by atoms with Crippen LogP contribution in [0.3, 0.4) is 0 Å². The van der Waals surface area contributed by atoms with E-state index in [2.05, 4.69) is 28.1 Å². The van der Waals surface area contributed by atoms with Crippen molar-refractivity contribution in [2.24, 2.45) is 4.99 Å². The van der Waals surface area contributed by atoms with E-state index < -0.39 is 0 Å². The number of benzene rings is 2. The second-order valence-corrected chi connectivity index (χ2v) is 7.36. The predicted octanol–water partition coefficient (Wildman–Crippen LogP) is 4.45. The Morgan fingerprint density at radius 1 is 1.08 bits per heavy atom. The van der Waals surface area contributed by atoms with Crippen LogP contribution >= 0.6 is 11.3 Å². The Kier molecular flexibility index (Phi) is 4.05. The highest BCUT2D eigenvalue weighted by molar-refractivity contribution is 7.22. The standard InChI is InChI=1S/C20H18N4OS/c1-12-4-7-15(8-5-12)24-19(25)16(14(3)23-24)11-21-20-22-17-9-6-13(2)10-18(17)26-20/h4-11,23H,1-3H3/b21-11+. The molecule has 0 atom stereocenters. The number of thiazole rings is 1. The summed E-state index contributed by atoms with van der Waals surface area (Å²) < 4.78 is 2.64. The first kappa shape index (κ1) is 16.5. The molecule has 0 saturated heterocycles. The lowest BCUT2D eigenvalue weighted by atomic mass is 10.2. The van der Waals surface area contributed by atoms with Gasteiger partial charge in [-0.2, -0.15) is 0 Å². The monoisotopic (exact) mass is 362 g/mol. The highest BCUT2D eigenvalue weighted by atomic mass is 32.1. The molecule has 6 heteroatoms. The van der Waals surface area contributed by atoms with Crippen LogP contribution in [-0.4, -0.2) is 21.0 Å². The molecule has 130 valence electrons. The van der Waals surface area contributed by atoms with Gasteiger partial charge in [-0.3, -0.25) is 9.89 Å². The number of aliphatic imine (C=N–C) groups is 1. The molecule has 2 aromatic carbocycles. The maximum atomic E-state index is 12.7. The van der Waals surface area contributed by atoms with Gasteiger partial charge in [0.25, 0.3) is 5.56 Å². The van der Waals surface area contributed by atoms with Gasteiger partial charge in [0.15, 0.2) is 0 Å². The molecule has 0 saturated carbocycles. The quantitative estimate of drug-likeness (QED) is 0.547. The summed E-state index contributed by atoms with van der Waals surface area (Å²) in [5.41, 5.74) is 5.27. The van der Waals surface area contributed by atoms with Gasteiger partial charge in [-0.25, -0.2) is 14.7 Å². The van der Waals surface area contributed by atoms with Crippen molar-refractivity contribution in [3.63, 3.8) is 0 Å². The van der Waals surface area contributed by atoms with Crippen LogP contribution in [0.25, 0.3) is 15.9 Å². The number of nitrogens with zero attached hydrogens (tertiary/aromatic N) is 3. The average Bonchev–Trinajstić information content (AvgIpc) is 3.14. The highest BCUT2D eigenvalue weighted by Gasteiger charge is 2.11. The Morgan fingerprint density at radius 2 is 1.81 bits per heavy atom. The third-order valence-corrected chi connectivity index (χ3v) is 5.17. The van der Waals surface area contributed by atoms with Gasteiger partial charge in [-0.15, -0.1) is 0 Å². The van der Waals surface area contributed by atoms with Gasteiger partial charge in [0.2, 0.25) is 5.13 Å². The number of hydrogen-bond acceptors (Lipinski definition) is 4.